The number of ketones is 1. The summed E-state index contributed by atoms with van der Waals surface area (Å²) in [6.07, 6.45) is 0. The summed E-state index contributed by atoms with van der Waals surface area (Å²) in [5.74, 6) is 0.781. The first kappa shape index (κ1) is 20.8. The number of benzene rings is 2. The number of fused-ring (bicyclic) bond motifs is 1. The molecule has 0 spiro atoms. The second-order valence-electron chi connectivity index (χ2n) is 7.97. The zero-order valence-electron chi connectivity index (χ0n) is 17.2. The fourth-order valence-corrected chi connectivity index (χ4v) is 5.16. The number of nitrogens with zero attached hydrogens (tertiary/aromatic N) is 2. The number of rotatable bonds is 6. The van der Waals surface area contributed by atoms with Gasteiger partial charge < -0.3 is 4.42 Å². The van der Waals surface area contributed by atoms with Crippen molar-refractivity contribution in [3.05, 3.63) is 65.9 Å². The Morgan fingerprint density at radius 2 is 1.67 bits per heavy atom. The maximum absolute atomic E-state index is 13.0. The van der Waals surface area contributed by atoms with Crippen molar-refractivity contribution in [1.82, 2.24) is 9.21 Å². The second-order valence-corrected chi connectivity index (χ2v) is 9.91. The lowest BCUT2D eigenvalue weighted by Crippen LogP contribution is -2.48. The van der Waals surface area contributed by atoms with E-state index in [4.69, 9.17) is 4.42 Å². The van der Waals surface area contributed by atoms with E-state index in [0.717, 1.165) is 16.7 Å². The molecule has 0 aliphatic carbocycles. The molecule has 0 atom stereocenters. The Bertz CT molecular complexity index is 1110. The Balaban J connectivity index is 1.39. The van der Waals surface area contributed by atoms with E-state index < -0.39 is 10.0 Å². The number of piperazine rings is 1. The summed E-state index contributed by atoms with van der Waals surface area (Å²) in [6.45, 7) is 6.45. The fourth-order valence-electron chi connectivity index (χ4n) is 3.74. The molecule has 0 unspecified atom stereocenters. The molecular formula is C23H26N2O4S. The van der Waals surface area contributed by atoms with E-state index in [2.05, 4.69) is 4.90 Å². The quantitative estimate of drug-likeness (QED) is 0.561. The summed E-state index contributed by atoms with van der Waals surface area (Å²) < 4.78 is 33.4. The van der Waals surface area contributed by atoms with Gasteiger partial charge in [-0.25, -0.2) is 8.42 Å². The number of sulfonamides is 1. The van der Waals surface area contributed by atoms with Gasteiger partial charge in [-0.2, -0.15) is 4.31 Å². The van der Waals surface area contributed by atoms with E-state index in [-0.39, 0.29) is 16.6 Å². The molecule has 1 aliphatic rings. The topological polar surface area (TPSA) is 70.8 Å². The number of Topliss-reactive ketones (excluding diaryl/α,β-unsaturated/α-hetero) is 1. The van der Waals surface area contributed by atoms with Crippen LogP contribution in [0.1, 0.15) is 30.0 Å². The highest BCUT2D eigenvalue weighted by atomic mass is 32.2. The highest BCUT2D eigenvalue weighted by Crippen LogP contribution is 2.22. The molecule has 3 aromatic rings. The van der Waals surface area contributed by atoms with Crippen LogP contribution in [0.4, 0.5) is 0 Å². The van der Waals surface area contributed by atoms with Crippen molar-refractivity contribution in [3.63, 3.8) is 0 Å². The number of hydrogen-bond donors (Lipinski definition) is 0. The third-order valence-corrected chi connectivity index (χ3v) is 7.40. The van der Waals surface area contributed by atoms with Gasteiger partial charge in [-0.3, -0.25) is 9.69 Å². The molecule has 2 heterocycles. The molecule has 0 saturated carbocycles. The molecule has 0 radical (unpaired) electrons. The van der Waals surface area contributed by atoms with Crippen molar-refractivity contribution in [2.75, 3.05) is 26.2 Å². The third-order valence-electron chi connectivity index (χ3n) is 5.49. The van der Waals surface area contributed by atoms with Crippen LogP contribution in [-0.4, -0.2) is 49.6 Å². The molecule has 1 saturated heterocycles. The SMILES string of the molecule is CC(C)C(=O)c1ccc(S(=O)(=O)N2CCN(Cc3cc4ccccc4o3)CC2)cc1. The van der Waals surface area contributed by atoms with Crippen LogP contribution in [0, 0.1) is 5.92 Å². The molecule has 158 valence electrons. The van der Waals surface area contributed by atoms with Gasteiger partial charge in [-0.15, -0.1) is 0 Å². The molecule has 2 aromatic carbocycles. The average molecular weight is 427 g/mol. The van der Waals surface area contributed by atoms with Gasteiger partial charge in [-0.1, -0.05) is 44.2 Å². The molecule has 0 amide bonds. The van der Waals surface area contributed by atoms with E-state index in [1.54, 1.807) is 12.1 Å². The first-order valence-corrected chi connectivity index (χ1v) is 11.6. The molecule has 4 rings (SSSR count). The summed E-state index contributed by atoms with van der Waals surface area (Å²) in [6, 6.07) is 16.2. The summed E-state index contributed by atoms with van der Waals surface area (Å²) in [5, 5.41) is 1.08. The summed E-state index contributed by atoms with van der Waals surface area (Å²) in [7, 11) is -3.57. The summed E-state index contributed by atoms with van der Waals surface area (Å²) in [4.78, 5) is 14.5. The van der Waals surface area contributed by atoms with Crippen LogP contribution in [0.5, 0.6) is 0 Å². The van der Waals surface area contributed by atoms with Crippen molar-refractivity contribution in [3.8, 4) is 0 Å². The molecule has 0 N–H and O–H groups in total. The minimum Gasteiger partial charge on any atom is -0.460 e. The summed E-state index contributed by atoms with van der Waals surface area (Å²) >= 11 is 0. The minimum atomic E-state index is -3.57. The van der Waals surface area contributed by atoms with Gasteiger partial charge >= 0.3 is 0 Å². The highest BCUT2D eigenvalue weighted by molar-refractivity contribution is 7.89. The smallest absolute Gasteiger partial charge is 0.243 e. The standard InChI is InChI=1S/C23H26N2O4S/c1-17(2)23(26)18-7-9-21(10-8-18)30(27,28)25-13-11-24(12-14-25)16-20-15-19-5-3-4-6-22(19)29-20/h3-10,15,17H,11-14,16H2,1-2H3. The van der Waals surface area contributed by atoms with E-state index in [1.807, 2.05) is 44.2 Å². The van der Waals surface area contributed by atoms with E-state index in [9.17, 15) is 13.2 Å². The number of para-hydroxylation sites is 1. The van der Waals surface area contributed by atoms with Crippen LogP contribution in [-0.2, 0) is 16.6 Å². The predicted molar refractivity (Wildman–Crippen MR) is 116 cm³/mol. The van der Waals surface area contributed by atoms with Crippen molar-refractivity contribution in [2.45, 2.75) is 25.3 Å². The molecular weight excluding hydrogens is 400 g/mol. The van der Waals surface area contributed by atoms with Crippen molar-refractivity contribution < 1.29 is 17.6 Å². The van der Waals surface area contributed by atoms with Crippen molar-refractivity contribution in [2.24, 2.45) is 5.92 Å². The van der Waals surface area contributed by atoms with Gasteiger partial charge in [0.2, 0.25) is 10.0 Å². The molecule has 1 aliphatic heterocycles. The van der Waals surface area contributed by atoms with E-state index >= 15 is 0 Å². The minimum absolute atomic E-state index is 0.0122. The highest BCUT2D eigenvalue weighted by Gasteiger charge is 2.29. The van der Waals surface area contributed by atoms with Gasteiger partial charge in [0, 0.05) is 43.0 Å². The number of furan rings is 1. The molecule has 1 fully saturated rings. The van der Waals surface area contributed by atoms with E-state index in [1.165, 1.54) is 16.4 Å². The number of carbonyl (C=O) groups excluding carboxylic acids is 1. The number of carbonyl (C=O) groups is 1. The fraction of sp³-hybridized carbons (Fsp3) is 0.348. The zero-order valence-corrected chi connectivity index (χ0v) is 18.1. The van der Waals surface area contributed by atoms with E-state index in [0.29, 0.717) is 38.3 Å². The number of hydrogen-bond acceptors (Lipinski definition) is 5. The molecule has 7 heteroatoms. The molecule has 6 nitrogen and oxygen atoms in total. The maximum atomic E-state index is 13.0. The lowest BCUT2D eigenvalue weighted by Gasteiger charge is -2.33. The lowest BCUT2D eigenvalue weighted by molar-refractivity contribution is 0.0939. The average Bonchev–Trinajstić information content (AvgIpc) is 3.16. The van der Waals surface area contributed by atoms with Crippen LogP contribution < -0.4 is 0 Å². The Kier molecular flexibility index (Phi) is 5.77. The Morgan fingerprint density at radius 1 is 1.00 bits per heavy atom. The largest absolute Gasteiger partial charge is 0.460 e. The third kappa shape index (κ3) is 4.19. The Labute approximate surface area is 177 Å². The van der Waals surface area contributed by atoms with Crippen molar-refractivity contribution in [1.29, 1.82) is 0 Å². The van der Waals surface area contributed by atoms with Crippen LogP contribution in [0.25, 0.3) is 11.0 Å². The molecule has 1 aromatic heterocycles. The normalized spacial score (nSPS) is 16.4. The van der Waals surface area contributed by atoms with Crippen LogP contribution in [0.3, 0.4) is 0 Å². The van der Waals surface area contributed by atoms with Crippen LogP contribution in [0.15, 0.2) is 63.9 Å². The van der Waals surface area contributed by atoms with Gasteiger partial charge in [0.25, 0.3) is 0 Å². The van der Waals surface area contributed by atoms with Gasteiger partial charge in [0.15, 0.2) is 5.78 Å². The first-order valence-electron chi connectivity index (χ1n) is 10.2. The zero-order chi connectivity index (χ0) is 21.3. The van der Waals surface area contributed by atoms with Crippen molar-refractivity contribution >= 4 is 26.8 Å². The molecule has 30 heavy (non-hydrogen) atoms. The maximum Gasteiger partial charge on any atom is 0.243 e. The second kappa shape index (κ2) is 8.34. The van der Waals surface area contributed by atoms with Crippen LogP contribution >= 0.6 is 0 Å². The van der Waals surface area contributed by atoms with Crippen LogP contribution in [0.2, 0.25) is 0 Å². The van der Waals surface area contributed by atoms with Gasteiger partial charge in [-0.05, 0) is 24.3 Å². The Morgan fingerprint density at radius 3 is 2.30 bits per heavy atom. The van der Waals surface area contributed by atoms with Gasteiger partial charge in [0.1, 0.15) is 11.3 Å². The van der Waals surface area contributed by atoms with Gasteiger partial charge in [0.05, 0.1) is 11.4 Å². The summed E-state index contributed by atoms with van der Waals surface area (Å²) in [5.41, 5.74) is 1.41. The predicted octanol–water partition coefficient (Wildman–Crippen LogP) is 3.78. The molecule has 0 bridgehead atoms. The lowest BCUT2D eigenvalue weighted by atomic mass is 10.0. The monoisotopic (exact) mass is 426 g/mol. The Hall–Kier alpha value is -2.48. The first-order chi connectivity index (χ1) is 14.3.